The number of fused-ring (bicyclic) bond motifs is 1. The van der Waals surface area contributed by atoms with Crippen molar-refractivity contribution in [3.05, 3.63) is 52.3 Å². The fourth-order valence-corrected chi connectivity index (χ4v) is 3.35. The Morgan fingerprint density at radius 2 is 1.84 bits per heavy atom. The molecule has 1 atom stereocenters. The average molecular weight is 255 g/mol. The van der Waals surface area contributed by atoms with Crippen LogP contribution >= 0.6 is 0 Å². The molecule has 1 N–H and O–H groups in total. The lowest BCUT2D eigenvalue weighted by molar-refractivity contribution is 0.156. The van der Waals surface area contributed by atoms with E-state index in [1.807, 2.05) is 0 Å². The number of aromatic nitrogens is 1. The van der Waals surface area contributed by atoms with Crippen LogP contribution in [0.2, 0.25) is 0 Å². The highest BCUT2D eigenvalue weighted by atomic mass is 16.3. The molecule has 1 aromatic carbocycles. The van der Waals surface area contributed by atoms with E-state index in [0.29, 0.717) is 0 Å². The lowest BCUT2D eigenvalue weighted by atomic mass is 9.95. The van der Waals surface area contributed by atoms with Crippen LogP contribution in [0.4, 0.5) is 0 Å². The molecule has 0 spiro atoms. The predicted molar refractivity (Wildman–Crippen MR) is 77.9 cm³/mol. The maximum absolute atomic E-state index is 10.2. The van der Waals surface area contributed by atoms with E-state index in [-0.39, 0.29) is 6.10 Å². The van der Waals surface area contributed by atoms with Gasteiger partial charge >= 0.3 is 0 Å². The highest BCUT2D eigenvalue weighted by Gasteiger charge is 2.24. The van der Waals surface area contributed by atoms with Gasteiger partial charge in [0.15, 0.2) is 0 Å². The van der Waals surface area contributed by atoms with Gasteiger partial charge in [-0.25, -0.2) is 0 Å². The summed E-state index contributed by atoms with van der Waals surface area (Å²) in [7, 11) is 0. The Hall–Kier alpha value is -1.54. The second-order valence-electron chi connectivity index (χ2n) is 5.67. The molecule has 2 aromatic rings. The Labute approximate surface area is 114 Å². The van der Waals surface area contributed by atoms with Crippen molar-refractivity contribution >= 4 is 0 Å². The summed E-state index contributed by atoms with van der Waals surface area (Å²) in [6, 6.07) is 8.58. The van der Waals surface area contributed by atoms with Crippen molar-refractivity contribution in [3.63, 3.8) is 0 Å². The smallest absolute Gasteiger partial charge is 0.0807 e. The van der Waals surface area contributed by atoms with Crippen LogP contribution in [-0.2, 0) is 6.42 Å². The molecule has 1 aliphatic carbocycles. The summed E-state index contributed by atoms with van der Waals surface area (Å²) in [6.07, 6.45) is 2.74. The fraction of sp³-hybridized carbons (Fsp3) is 0.412. The van der Waals surface area contributed by atoms with Crippen LogP contribution in [0.15, 0.2) is 24.3 Å². The standard InChI is InChI=1S/C17H21NO/c1-11-6-4-7-12(2)17(11)18-13(3)10-14-15(18)8-5-9-16(14)19/h4,6-7,10,16,19H,5,8-9H2,1-3H3. The van der Waals surface area contributed by atoms with Crippen molar-refractivity contribution in [2.24, 2.45) is 0 Å². The summed E-state index contributed by atoms with van der Waals surface area (Å²) in [5.41, 5.74) is 7.53. The van der Waals surface area contributed by atoms with Gasteiger partial charge in [0.1, 0.15) is 0 Å². The van der Waals surface area contributed by atoms with Crippen molar-refractivity contribution in [3.8, 4) is 5.69 Å². The number of para-hydroxylation sites is 1. The van der Waals surface area contributed by atoms with Gasteiger partial charge in [-0.05, 0) is 57.2 Å². The second kappa shape index (κ2) is 4.53. The third-order valence-corrected chi connectivity index (χ3v) is 4.23. The Kier molecular flexibility index (Phi) is 2.98. The first kappa shape index (κ1) is 12.5. The summed E-state index contributed by atoms with van der Waals surface area (Å²) in [5.74, 6) is 0. The van der Waals surface area contributed by atoms with E-state index in [0.717, 1.165) is 24.8 Å². The summed E-state index contributed by atoms with van der Waals surface area (Å²) >= 11 is 0. The van der Waals surface area contributed by atoms with Crippen LogP contribution in [0.25, 0.3) is 5.69 Å². The molecule has 3 rings (SSSR count). The van der Waals surface area contributed by atoms with E-state index in [2.05, 4.69) is 49.6 Å². The zero-order chi connectivity index (χ0) is 13.6. The van der Waals surface area contributed by atoms with Crippen molar-refractivity contribution in [1.29, 1.82) is 0 Å². The van der Waals surface area contributed by atoms with Gasteiger partial charge in [0.25, 0.3) is 0 Å². The largest absolute Gasteiger partial charge is 0.388 e. The van der Waals surface area contributed by atoms with Crippen molar-refractivity contribution < 1.29 is 5.11 Å². The van der Waals surface area contributed by atoms with E-state index < -0.39 is 0 Å². The quantitative estimate of drug-likeness (QED) is 0.824. The van der Waals surface area contributed by atoms with Gasteiger partial charge in [0, 0.05) is 17.0 Å². The van der Waals surface area contributed by atoms with Crippen LogP contribution in [0, 0.1) is 20.8 Å². The van der Waals surface area contributed by atoms with Crippen LogP contribution in [0.1, 0.15) is 47.0 Å². The number of aliphatic hydroxyl groups is 1. The van der Waals surface area contributed by atoms with E-state index in [9.17, 15) is 5.11 Å². The molecule has 100 valence electrons. The molecule has 1 heterocycles. The molecule has 0 aliphatic heterocycles. The number of aliphatic hydroxyl groups excluding tert-OH is 1. The zero-order valence-corrected chi connectivity index (χ0v) is 11.9. The molecule has 0 amide bonds. The van der Waals surface area contributed by atoms with Gasteiger partial charge < -0.3 is 9.67 Å². The van der Waals surface area contributed by atoms with Crippen molar-refractivity contribution in [2.75, 3.05) is 0 Å². The molecule has 0 saturated heterocycles. The minimum absolute atomic E-state index is 0.284. The molecular formula is C17H21NO. The number of hydrogen-bond donors (Lipinski definition) is 1. The number of benzene rings is 1. The Morgan fingerprint density at radius 1 is 1.16 bits per heavy atom. The second-order valence-corrected chi connectivity index (χ2v) is 5.67. The topological polar surface area (TPSA) is 25.2 Å². The van der Waals surface area contributed by atoms with E-state index >= 15 is 0 Å². The zero-order valence-electron chi connectivity index (χ0n) is 11.9. The van der Waals surface area contributed by atoms with Gasteiger partial charge in [-0.3, -0.25) is 0 Å². The first-order valence-electron chi connectivity index (χ1n) is 7.05. The SMILES string of the molecule is Cc1cccc(C)c1-n1c(C)cc2c1CCCC2O. The molecule has 1 unspecified atom stereocenters. The number of rotatable bonds is 1. The Morgan fingerprint density at radius 3 is 2.53 bits per heavy atom. The van der Waals surface area contributed by atoms with Gasteiger partial charge in [-0.1, -0.05) is 18.2 Å². The molecule has 2 heteroatoms. The Bertz CT molecular complexity index is 604. The molecule has 0 fully saturated rings. The van der Waals surface area contributed by atoms with Crippen LogP contribution in [-0.4, -0.2) is 9.67 Å². The first-order valence-corrected chi connectivity index (χ1v) is 7.05. The number of nitrogens with zero attached hydrogens (tertiary/aromatic N) is 1. The highest BCUT2D eigenvalue weighted by Crippen LogP contribution is 2.35. The number of hydrogen-bond acceptors (Lipinski definition) is 1. The number of aryl methyl sites for hydroxylation is 3. The third kappa shape index (κ3) is 1.91. The molecular weight excluding hydrogens is 234 g/mol. The molecule has 1 aliphatic rings. The molecule has 19 heavy (non-hydrogen) atoms. The monoisotopic (exact) mass is 255 g/mol. The predicted octanol–water partition coefficient (Wildman–Crippen LogP) is 3.77. The summed E-state index contributed by atoms with van der Waals surface area (Å²) in [6.45, 7) is 6.46. The average Bonchev–Trinajstić information content (AvgIpc) is 2.68. The normalized spacial score (nSPS) is 18.4. The van der Waals surface area contributed by atoms with Gasteiger partial charge in [0.2, 0.25) is 0 Å². The third-order valence-electron chi connectivity index (χ3n) is 4.23. The summed E-state index contributed by atoms with van der Waals surface area (Å²) in [5, 5.41) is 10.2. The van der Waals surface area contributed by atoms with E-state index in [1.54, 1.807) is 0 Å². The summed E-state index contributed by atoms with van der Waals surface area (Å²) < 4.78 is 2.35. The van der Waals surface area contributed by atoms with E-state index in [1.165, 1.54) is 28.2 Å². The lowest BCUT2D eigenvalue weighted by Crippen LogP contribution is -2.12. The fourth-order valence-electron chi connectivity index (χ4n) is 3.35. The lowest BCUT2D eigenvalue weighted by Gasteiger charge is -2.22. The van der Waals surface area contributed by atoms with Crippen molar-refractivity contribution in [1.82, 2.24) is 4.57 Å². The van der Waals surface area contributed by atoms with Crippen LogP contribution < -0.4 is 0 Å². The van der Waals surface area contributed by atoms with Gasteiger partial charge in [-0.2, -0.15) is 0 Å². The first-order chi connectivity index (χ1) is 9.09. The highest BCUT2D eigenvalue weighted by molar-refractivity contribution is 5.52. The van der Waals surface area contributed by atoms with Crippen LogP contribution in [0.5, 0.6) is 0 Å². The van der Waals surface area contributed by atoms with Gasteiger partial charge in [0.05, 0.1) is 11.8 Å². The molecule has 2 nitrogen and oxygen atoms in total. The minimum Gasteiger partial charge on any atom is -0.388 e. The minimum atomic E-state index is -0.284. The van der Waals surface area contributed by atoms with Crippen molar-refractivity contribution in [2.45, 2.75) is 46.1 Å². The van der Waals surface area contributed by atoms with Gasteiger partial charge in [-0.15, -0.1) is 0 Å². The van der Waals surface area contributed by atoms with Crippen LogP contribution in [0.3, 0.4) is 0 Å². The van der Waals surface area contributed by atoms with E-state index in [4.69, 9.17) is 0 Å². The maximum atomic E-state index is 10.2. The summed E-state index contributed by atoms with van der Waals surface area (Å²) in [4.78, 5) is 0. The Balaban J connectivity index is 2.26. The molecule has 0 saturated carbocycles. The molecule has 0 radical (unpaired) electrons. The molecule has 1 aromatic heterocycles. The molecule has 0 bridgehead atoms. The maximum Gasteiger partial charge on any atom is 0.0807 e.